The van der Waals surface area contributed by atoms with E-state index in [1.54, 1.807) is 0 Å². The lowest BCUT2D eigenvalue weighted by molar-refractivity contribution is 0.513. The van der Waals surface area contributed by atoms with E-state index in [0.717, 1.165) is 6.54 Å². The summed E-state index contributed by atoms with van der Waals surface area (Å²) in [6.45, 7) is 5.50. The monoisotopic (exact) mass is 265 g/mol. The maximum absolute atomic E-state index is 5.99. The third kappa shape index (κ3) is 2.16. The molecule has 1 fully saturated rings. The molecule has 2 aromatic carbocycles. The molecule has 1 nitrogen and oxygen atoms in total. The molecule has 0 saturated heterocycles. The highest BCUT2D eigenvalue weighted by Crippen LogP contribution is 2.64. The van der Waals surface area contributed by atoms with Gasteiger partial charge in [-0.3, -0.25) is 0 Å². The minimum Gasteiger partial charge on any atom is -0.330 e. The van der Waals surface area contributed by atoms with E-state index in [1.165, 1.54) is 11.1 Å². The highest BCUT2D eigenvalue weighted by atomic mass is 14.7. The lowest BCUT2D eigenvalue weighted by atomic mass is 9.84. The Morgan fingerprint density at radius 3 is 1.70 bits per heavy atom. The zero-order chi connectivity index (χ0) is 14.2. The molecule has 0 aromatic heterocycles. The van der Waals surface area contributed by atoms with Crippen LogP contribution < -0.4 is 5.73 Å². The van der Waals surface area contributed by atoms with E-state index >= 15 is 0 Å². The molecule has 1 heteroatoms. The molecular formula is C19H23N. The fraction of sp³-hybridized carbons (Fsp3) is 0.368. The summed E-state index contributed by atoms with van der Waals surface area (Å²) in [4.78, 5) is 0. The summed E-state index contributed by atoms with van der Waals surface area (Å²) in [5.41, 5.74) is 9.15. The van der Waals surface area contributed by atoms with Gasteiger partial charge in [0.1, 0.15) is 0 Å². The smallest absolute Gasteiger partial charge is 0.0126 e. The quantitative estimate of drug-likeness (QED) is 0.886. The van der Waals surface area contributed by atoms with Crippen molar-refractivity contribution in [3.8, 4) is 0 Å². The van der Waals surface area contributed by atoms with Crippen LogP contribution in [0.2, 0.25) is 0 Å². The number of rotatable bonds is 4. The van der Waals surface area contributed by atoms with Crippen LogP contribution in [0.15, 0.2) is 60.7 Å². The first-order chi connectivity index (χ1) is 9.66. The Balaban J connectivity index is 2.02. The van der Waals surface area contributed by atoms with Gasteiger partial charge in [-0.25, -0.2) is 0 Å². The highest BCUT2D eigenvalue weighted by Gasteiger charge is 2.60. The van der Waals surface area contributed by atoms with Gasteiger partial charge in [0.25, 0.3) is 0 Å². The zero-order valence-corrected chi connectivity index (χ0v) is 12.3. The van der Waals surface area contributed by atoms with Crippen LogP contribution in [0.4, 0.5) is 0 Å². The minimum absolute atomic E-state index is 0.338. The topological polar surface area (TPSA) is 26.0 Å². The molecule has 0 amide bonds. The molecule has 2 aromatic rings. The molecule has 0 unspecified atom stereocenters. The molecule has 3 rings (SSSR count). The molecule has 2 atom stereocenters. The number of benzene rings is 2. The van der Waals surface area contributed by atoms with E-state index < -0.39 is 0 Å². The number of hydrogen-bond acceptors (Lipinski definition) is 1. The predicted octanol–water partition coefficient (Wildman–Crippen LogP) is 4.05. The third-order valence-corrected chi connectivity index (χ3v) is 5.07. The molecule has 104 valence electrons. The SMILES string of the molecule is CC1(C)[C@H](CN)[C@H]1C(c1ccccc1)c1ccccc1. The largest absolute Gasteiger partial charge is 0.330 e. The van der Waals surface area contributed by atoms with Crippen LogP contribution >= 0.6 is 0 Å². The first kappa shape index (κ1) is 13.4. The molecule has 2 N–H and O–H groups in total. The van der Waals surface area contributed by atoms with E-state index in [1.807, 2.05) is 0 Å². The summed E-state index contributed by atoms with van der Waals surface area (Å²) in [6, 6.07) is 21.7. The van der Waals surface area contributed by atoms with Crippen molar-refractivity contribution >= 4 is 0 Å². The van der Waals surface area contributed by atoms with Crippen LogP contribution in [0.3, 0.4) is 0 Å². The Morgan fingerprint density at radius 2 is 1.35 bits per heavy atom. The first-order valence-electron chi connectivity index (χ1n) is 7.46. The molecule has 0 radical (unpaired) electrons. The van der Waals surface area contributed by atoms with E-state index in [9.17, 15) is 0 Å². The summed E-state index contributed by atoms with van der Waals surface area (Å²) in [5.74, 6) is 1.71. The maximum Gasteiger partial charge on any atom is 0.0126 e. The number of hydrogen-bond donors (Lipinski definition) is 1. The average molecular weight is 265 g/mol. The van der Waals surface area contributed by atoms with Crippen LogP contribution in [-0.2, 0) is 0 Å². The summed E-state index contributed by atoms with van der Waals surface area (Å²) in [5, 5.41) is 0. The second-order valence-electron chi connectivity index (χ2n) is 6.49. The van der Waals surface area contributed by atoms with E-state index in [-0.39, 0.29) is 0 Å². The van der Waals surface area contributed by atoms with Crippen LogP contribution in [0, 0.1) is 17.3 Å². The summed E-state index contributed by atoms with van der Waals surface area (Å²) < 4.78 is 0. The third-order valence-electron chi connectivity index (χ3n) is 5.07. The fourth-order valence-corrected chi connectivity index (χ4v) is 3.83. The molecule has 20 heavy (non-hydrogen) atoms. The Hall–Kier alpha value is -1.60. The van der Waals surface area contributed by atoms with Gasteiger partial charge in [-0.2, -0.15) is 0 Å². The van der Waals surface area contributed by atoms with Crippen LogP contribution in [0.25, 0.3) is 0 Å². The van der Waals surface area contributed by atoms with Crippen molar-refractivity contribution in [2.45, 2.75) is 19.8 Å². The first-order valence-corrected chi connectivity index (χ1v) is 7.46. The van der Waals surface area contributed by atoms with Crippen molar-refractivity contribution in [1.29, 1.82) is 0 Å². The lowest BCUT2D eigenvalue weighted by Gasteiger charge is -2.20. The van der Waals surface area contributed by atoms with Crippen molar-refractivity contribution < 1.29 is 0 Å². The van der Waals surface area contributed by atoms with E-state index in [0.29, 0.717) is 23.2 Å². The zero-order valence-electron chi connectivity index (χ0n) is 12.3. The van der Waals surface area contributed by atoms with Gasteiger partial charge < -0.3 is 5.73 Å². The van der Waals surface area contributed by atoms with Gasteiger partial charge in [0.2, 0.25) is 0 Å². The lowest BCUT2D eigenvalue weighted by Crippen LogP contribution is -2.09. The minimum atomic E-state index is 0.338. The standard InChI is InChI=1S/C19H23N/c1-19(2)16(13-20)18(19)17(14-9-5-3-6-10-14)15-11-7-4-8-12-15/h3-12,16-18H,13,20H2,1-2H3/t16-,18+/m1/s1. The van der Waals surface area contributed by atoms with Crippen molar-refractivity contribution in [2.75, 3.05) is 6.54 Å². The Kier molecular flexibility index (Phi) is 3.39. The molecule has 1 saturated carbocycles. The second-order valence-corrected chi connectivity index (χ2v) is 6.49. The molecular weight excluding hydrogens is 242 g/mol. The number of nitrogens with two attached hydrogens (primary N) is 1. The van der Waals surface area contributed by atoms with Crippen molar-refractivity contribution in [3.63, 3.8) is 0 Å². The van der Waals surface area contributed by atoms with Gasteiger partial charge in [-0.15, -0.1) is 0 Å². The van der Waals surface area contributed by atoms with Crippen LogP contribution in [0.1, 0.15) is 30.9 Å². The van der Waals surface area contributed by atoms with Crippen molar-refractivity contribution in [2.24, 2.45) is 23.0 Å². The summed E-state index contributed by atoms with van der Waals surface area (Å²) in [6.07, 6.45) is 0. The molecule has 0 bridgehead atoms. The van der Waals surface area contributed by atoms with E-state index in [2.05, 4.69) is 74.5 Å². The normalized spacial score (nSPS) is 23.8. The van der Waals surface area contributed by atoms with Gasteiger partial charge >= 0.3 is 0 Å². The van der Waals surface area contributed by atoms with Gasteiger partial charge in [0.15, 0.2) is 0 Å². The predicted molar refractivity (Wildman–Crippen MR) is 84.5 cm³/mol. The average Bonchev–Trinajstić information content (AvgIpc) is 3.03. The van der Waals surface area contributed by atoms with Gasteiger partial charge in [0.05, 0.1) is 0 Å². The molecule has 0 aliphatic heterocycles. The summed E-state index contributed by atoms with van der Waals surface area (Å²) in [7, 11) is 0. The molecule has 0 heterocycles. The van der Waals surface area contributed by atoms with Gasteiger partial charge in [0, 0.05) is 5.92 Å². The Labute approximate surface area is 121 Å². The van der Waals surface area contributed by atoms with Gasteiger partial charge in [-0.1, -0.05) is 74.5 Å². The molecule has 0 spiro atoms. The van der Waals surface area contributed by atoms with E-state index in [4.69, 9.17) is 5.73 Å². The summed E-state index contributed by atoms with van der Waals surface area (Å²) >= 11 is 0. The maximum atomic E-state index is 5.99. The van der Waals surface area contributed by atoms with Crippen LogP contribution in [-0.4, -0.2) is 6.54 Å². The second kappa shape index (κ2) is 5.06. The molecule has 1 aliphatic rings. The fourth-order valence-electron chi connectivity index (χ4n) is 3.83. The van der Waals surface area contributed by atoms with Crippen molar-refractivity contribution in [3.05, 3.63) is 71.8 Å². The molecule has 1 aliphatic carbocycles. The Morgan fingerprint density at radius 1 is 0.900 bits per heavy atom. The highest BCUT2D eigenvalue weighted by molar-refractivity contribution is 5.37. The van der Waals surface area contributed by atoms with Crippen LogP contribution in [0.5, 0.6) is 0 Å². The van der Waals surface area contributed by atoms with Gasteiger partial charge in [-0.05, 0) is 34.9 Å². The Bertz CT molecular complexity index is 519. The van der Waals surface area contributed by atoms with Crippen molar-refractivity contribution in [1.82, 2.24) is 0 Å².